The summed E-state index contributed by atoms with van der Waals surface area (Å²) in [6.45, 7) is 4.74. The van der Waals surface area contributed by atoms with Crippen molar-refractivity contribution in [3.8, 4) is 17.6 Å². The van der Waals surface area contributed by atoms with Gasteiger partial charge in [-0.05, 0) is 50.2 Å². The molecule has 0 aromatic heterocycles. The Bertz CT molecular complexity index is 563. The van der Waals surface area contributed by atoms with Gasteiger partial charge >= 0.3 is 0 Å². The maximum Gasteiger partial charge on any atom is 0.201 e. The lowest BCUT2D eigenvalue weighted by atomic mass is 9.83. The van der Waals surface area contributed by atoms with Gasteiger partial charge < -0.3 is 4.74 Å². The van der Waals surface area contributed by atoms with Crippen LogP contribution in [0, 0.1) is 35.3 Å². The van der Waals surface area contributed by atoms with E-state index in [1.54, 1.807) is 0 Å². The third kappa shape index (κ3) is 5.23. The molecule has 1 fully saturated rings. The maximum atomic E-state index is 14.1. The summed E-state index contributed by atoms with van der Waals surface area (Å²) in [6.07, 6.45) is 7.37. The molecular weight excluding hydrogens is 294 g/mol. The summed E-state index contributed by atoms with van der Waals surface area (Å²) < 4.78 is 33.4. The number of hydrogen-bond acceptors (Lipinski definition) is 1. The van der Waals surface area contributed by atoms with Crippen LogP contribution in [0.25, 0.3) is 0 Å². The first-order chi connectivity index (χ1) is 11.1. The van der Waals surface area contributed by atoms with Crippen LogP contribution in [0.4, 0.5) is 8.78 Å². The van der Waals surface area contributed by atoms with E-state index < -0.39 is 11.6 Å². The third-order valence-electron chi connectivity index (χ3n) is 4.48. The molecule has 0 bridgehead atoms. The van der Waals surface area contributed by atoms with Gasteiger partial charge in [-0.1, -0.05) is 38.5 Å². The Morgan fingerprint density at radius 2 is 1.83 bits per heavy atom. The highest BCUT2D eigenvalue weighted by atomic mass is 19.2. The first kappa shape index (κ1) is 17.8. The second kappa shape index (κ2) is 8.91. The zero-order chi connectivity index (χ0) is 16.7. The molecule has 0 unspecified atom stereocenters. The van der Waals surface area contributed by atoms with Crippen molar-refractivity contribution in [3.05, 3.63) is 29.3 Å². The molecule has 0 atom stereocenters. The summed E-state index contributed by atoms with van der Waals surface area (Å²) in [5, 5.41) is 0. The van der Waals surface area contributed by atoms with Crippen LogP contribution in [0.3, 0.4) is 0 Å². The molecule has 0 heterocycles. The highest BCUT2D eigenvalue weighted by molar-refractivity contribution is 5.41. The number of hydrogen-bond donors (Lipinski definition) is 0. The van der Waals surface area contributed by atoms with Gasteiger partial charge in [0.05, 0.1) is 12.2 Å². The van der Waals surface area contributed by atoms with Crippen LogP contribution in [0.1, 0.15) is 64.4 Å². The average molecular weight is 320 g/mol. The zero-order valence-electron chi connectivity index (χ0n) is 14.1. The van der Waals surface area contributed by atoms with Crippen molar-refractivity contribution in [2.45, 2.75) is 58.8 Å². The minimum atomic E-state index is -0.925. The molecule has 1 aromatic rings. The highest BCUT2D eigenvalue weighted by Gasteiger charge is 2.17. The van der Waals surface area contributed by atoms with Crippen LogP contribution in [0.15, 0.2) is 12.1 Å². The molecule has 1 aliphatic rings. The van der Waals surface area contributed by atoms with E-state index in [0.29, 0.717) is 12.5 Å². The molecule has 1 nitrogen and oxygen atoms in total. The van der Waals surface area contributed by atoms with E-state index >= 15 is 0 Å². The van der Waals surface area contributed by atoms with Gasteiger partial charge in [-0.25, -0.2) is 4.39 Å². The lowest BCUT2D eigenvalue weighted by molar-refractivity contribution is 0.286. The van der Waals surface area contributed by atoms with Gasteiger partial charge in [-0.2, -0.15) is 4.39 Å². The van der Waals surface area contributed by atoms with Crippen molar-refractivity contribution < 1.29 is 13.5 Å². The maximum absolute atomic E-state index is 14.1. The minimum absolute atomic E-state index is 0.0179. The number of benzene rings is 1. The van der Waals surface area contributed by atoms with E-state index in [1.807, 2.05) is 0 Å². The molecule has 3 heteroatoms. The van der Waals surface area contributed by atoms with Crippen LogP contribution in [0.5, 0.6) is 5.75 Å². The van der Waals surface area contributed by atoms with E-state index in [4.69, 9.17) is 4.74 Å². The van der Waals surface area contributed by atoms with Crippen molar-refractivity contribution >= 4 is 0 Å². The minimum Gasteiger partial charge on any atom is -0.490 e. The van der Waals surface area contributed by atoms with E-state index in [-0.39, 0.29) is 11.3 Å². The fourth-order valence-corrected chi connectivity index (χ4v) is 2.86. The molecule has 2 rings (SSSR count). The molecule has 1 saturated carbocycles. The molecule has 126 valence electrons. The number of ether oxygens (including phenoxy) is 1. The second-order valence-corrected chi connectivity index (χ2v) is 6.52. The summed E-state index contributed by atoms with van der Waals surface area (Å²) in [6, 6.07) is 3.00. The Labute approximate surface area is 138 Å². The number of halogens is 2. The Morgan fingerprint density at radius 3 is 2.52 bits per heavy atom. The van der Waals surface area contributed by atoms with Gasteiger partial charge in [0.1, 0.15) is 0 Å². The molecule has 1 aliphatic carbocycles. The lowest BCUT2D eigenvalue weighted by Crippen LogP contribution is -2.10. The molecule has 1 aromatic carbocycles. The molecule has 0 aliphatic heterocycles. The van der Waals surface area contributed by atoms with Crippen LogP contribution in [-0.2, 0) is 0 Å². The van der Waals surface area contributed by atoms with Crippen LogP contribution in [-0.4, -0.2) is 6.61 Å². The van der Waals surface area contributed by atoms with E-state index in [9.17, 15) is 8.78 Å². The van der Waals surface area contributed by atoms with Gasteiger partial charge in [-0.3, -0.25) is 0 Å². The monoisotopic (exact) mass is 320 g/mol. The summed E-state index contributed by atoms with van der Waals surface area (Å²) in [5.74, 6) is 5.15. The molecule has 0 spiro atoms. The summed E-state index contributed by atoms with van der Waals surface area (Å²) in [7, 11) is 0. The summed E-state index contributed by atoms with van der Waals surface area (Å²) in [5.41, 5.74) is 0.127. The van der Waals surface area contributed by atoms with Gasteiger partial charge in [0.2, 0.25) is 5.82 Å². The Morgan fingerprint density at radius 1 is 1.09 bits per heavy atom. The van der Waals surface area contributed by atoms with Gasteiger partial charge in [-0.15, -0.1) is 0 Å². The Hall–Kier alpha value is -1.56. The average Bonchev–Trinajstić information content (AvgIpc) is 2.56. The molecule has 23 heavy (non-hydrogen) atoms. The SMILES string of the molecule is CCCCCOc1ccc(C#CC2CCC(C)CC2)c(F)c1F. The predicted molar refractivity (Wildman–Crippen MR) is 89.4 cm³/mol. The van der Waals surface area contributed by atoms with Crippen molar-refractivity contribution in [3.63, 3.8) is 0 Å². The van der Waals surface area contributed by atoms with Crippen LogP contribution >= 0.6 is 0 Å². The molecule has 0 radical (unpaired) electrons. The quantitative estimate of drug-likeness (QED) is 0.498. The molecular formula is C20H26F2O. The zero-order valence-corrected chi connectivity index (χ0v) is 14.1. The topological polar surface area (TPSA) is 9.23 Å². The van der Waals surface area contributed by atoms with E-state index in [0.717, 1.165) is 38.0 Å². The fraction of sp³-hybridized carbons (Fsp3) is 0.600. The normalized spacial score (nSPS) is 20.7. The van der Waals surface area contributed by atoms with E-state index in [2.05, 4.69) is 25.7 Å². The largest absolute Gasteiger partial charge is 0.490 e. The first-order valence-electron chi connectivity index (χ1n) is 8.74. The fourth-order valence-electron chi connectivity index (χ4n) is 2.86. The smallest absolute Gasteiger partial charge is 0.201 e. The Balaban J connectivity index is 1.99. The van der Waals surface area contributed by atoms with Gasteiger partial charge in [0, 0.05) is 5.92 Å². The Kier molecular flexibility index (Phi) is 6.89. The van der Waals surface area contributed by atoms with Crippen LogP contribution in [0.2, 0.25) is 0 Å². The van der Waals surface area contributed by atoms with Gasteiger partial charge in [0.25, 0.3) is 0 Å². The number of rotatable bonds is 5. The second-order valence-electron chi connectivity index (χ2n) is 6.52. The predicted octanol–water partition coefficient (Wildman–Crippen LogP) is 5.71. The van der Waals surface area contributed by atoms with Gasteiger partial charge in [0.15, 0.2) is 11.6 Å². The molecule has 0 saturated heterocycles. The first-order valence-corrected chi connectivity index (χ1v) is 8.74. The number of unbranched alkanes of at least 4 members (excludes halogenated alkanes) is 2. The standard InChI is InChI=1S/C20H26F2O/c1-3-4-5-14-23-18-13-12-17(19(21)20(18)22)11-10-16-8-6-15(2)7-9-16/h12-13,15-16H,3-9,14H2,1-2H3. The summed E-state index contributed by atoms with van der Waals surface area (Å²) >= 11 is 0. The third-order valence-corrected chi connectivity index (χ3v) is 4.48. The van der Waals surface area contributed by atoms with Crippen molar-refractivity contribution in [2.24, 2.45) is 11.8 Å². The van der Waals surface area contributed by atoms with Crippen molar-refractivity contribution in [1.82, 2.24) is 0 Å². The molecule has 0 N–H and O–H groups in total. The lowest BCUT2D eigenvalue weighted by Gasteiger charge is -2.21. The molecule has 0 amide bonds. The summed E-state index contributed by atoms with van der Waals surface area (Å²) in [4.78, 5) is 0. The highest BCUT2D eigenvalue weighted by Crippen LogP contribution is 2.28. The van der Waals surface area contributed by atoms with Crippen molar-refractivity contribution in [2.75, 3.05) is 6.61 Å². The van der Waals surface area contributed by atoms with E-state index in [1.165, 1.54) is 25.0 Å². The van der Waals surface area contributed by atoms with Crippen LogP contribution < -0.4 is 4.74 Å². The van der Waals surface area contributed by atoms with Crippen molar-refractivity contribution in [1.29, 1.82) is 0 Å².